The molecular weight excluding hydrogens is 450 g/mol. The molecule has 2 heterocycles. The van der Waals surface area contributed by atoms with Gasteiger partial charge >= 0.3 is 0 Å². The minimum Gasteiger partial charge on any atom is -0.354 e. The van der Waals surface area contributed by atoms with Gasteiger partial charge in [-0.2, -0.15) is 5.10 Å². The molecule has 2 aromatic heterocycles. The van der Waals surface area contributed by atoms with Gasteiger partial charge in [0.05, 0.1) is 32.6 Å². The molecule has 0 spiro atoms. The highest BCUT2D eigenvalue weighted by Gasteiger charge is 2.23. The number of aromatic nitrogens is 3. The van der Waals surface area contributed by atoms with Crippen LogP contribution in [0.1, 0.15) is 10.3 Å². The summed E-state index contributed by atoms with van der Waals surface area (Å²) in [4.78, 5) is 17.2. The number of carbonyl (C=O) groups excluding carboxylic acids is 1. The minimum absolute atomic E-state index is 0.147. The Balaban J connectivity index is 1.55. The van der Waals surface area contributed by atoms with Crippen molar-refractivity contribution < 1.29 is 9.00 Å². The van der Waals surface area contributed by atoms with E-state index in [1.807, 2.05) is 47.5 Å². The molecule has 0 bridgehead atoms. The van der Waals surface area contributed by atoms with Gasteiger partial charge in [-0.3, -0.25) is 9.93 Å². The maximum absolute atomic E-state index is 12.5. The number of nitrogens with one attached hydrogen (secondary N) is 1. The van der Waals surface area contributed by atoms with E-state index in [0.29, 0.717) is 0 Å². The molecule has 160 valence electrons. The molecule has 0 radical (unpaired) electrons. The van der Waals surface area contributed by atoms with Crippen LogP contribution in [-0.2, 0) is 15.8 Å². The monoisotopic (exact) mass is 471 g/mol. The van der Waals surface area contributed by atoms with Crippen molar-refractivity contribution in [2.45, 2.75) is 5.25 Å². The van der Waals surface area contributed by atoms with Crippen LogP contribution in [0.5, 0.6) is 0 Å². The Bertz CT molecular complexity index is 1210. The van der Waals surface area contributed by atoms with Crippen molar-refractivity contribution in [3.8, 4) is 16.8 Å². The van der Waals surface area contributed by atoms with Crippen molar-refractivity contribution in [2.24, 2.45) is 5.14 Å². The summed E-state index contributed by atoms with van der Waals surface area (Å²) in [7, 11) is -1.42. The molecule has 0 aliphatic carbocycles. The maximum Gasteiger partial charge on any atom is 0.240 e. The number of thioether (sulfide) groups is 1. The van der Waals surface area contributed by atoms with Crippen molar-refractivity contribution in [3.05, 3.63) is 65.9 Å². The van der Waals surface area contributed by atoms with E-state index in [2.05, 4.69) is 33.6 Å². The highest BCUT2D eigenvalue weighted by atomic mass is 32.2. The molecule has 31 heavy (non-hydrogen) atoms. The summed E-state index contributed by atoms with van der Waals surface area (Å²) in [5, 5.41) is 12.6. The van der Waals surface area contributed by atoms with Gasteiger partial charge in [-0.05, 0) is 47.7 Å². The van der Waals surface area contributed by atoms with Gasteiger partial charge in [-0.25, -0.2) is 13.9 Å². The summed E-state index contributed by atoms with van der Waals surface area (Å²) in [5.41, 5.74) is 4.06. The van der Waals surface area contributed by atoms with E-state index in [1.165, 1.54) is 23.1 Å². The second-order valence-electron chi connectivity index (χ2n) is 6.72. The Hall–Kier alpha value is -2.53. The molecule has 0 fully saturated rings. The summed E-state index contributed by atoms with van der Waals surface area (Å²) in [5.74, 6) is 0.0846. The number of carbonyl (C=O) groups is 1. The zero-order valence-corrected chi connectivity index (χ0v) is 19.2. The zero-order valence-electron chi connectivity index (χ0n) is 16.7. The molecule has 2 atom stereocenters. The van der Waals surface area contributed by atoms with Crippen molar-refractivity contribution in [2.75, 3.05) is 18.6 Å². The number of benzene rings is 2. The number of hydrogen-bond donors (Lipinski definition) is 2. The van der Waals surface area contributed by atoms with Crippen molar-refractivity contribution >= 4 is 50.2 Å². The molecule has 4 aromatic rings. The summed E-state index contributed by atoms with van der Waals surface area (Å²) in [6.07, 6.45) is 5.54. The van der Waals surface area contributed by atoms with Gasteiger partial charge in [0.25, 0.3) is 0 Å². The highest BCUT2D eigenvalue weighted by molar-refractivity contribution is 7.99. The summed E-state index contributed by atoms with van der Waals surface area (Å²) >= 11 is 2.94. The number of nitrogens with two attached hydrogens (primary N) is 1. The van der Waals surface area contributed by atoms with Gasteiger partial charge in [-0.1, -0.05) is 18.2 Å². The number of nitrogens with zero attached hydrogens (tertiary/aromatic N) is 3. The van der Waals surface area contributed by atoms with E-state index in [9.17, 15) is 9.00 Å². The summed E-state index contributed by atoms with van der Waals surface area (Å²) in [6, 6.07) is 16.2. The van der Waals surface area contributed by atoms with E-state index >= 15 is 0 Å². The molecule has 0 aliphatic rings. The molecule has 7 nitrogen and oxygen atoms in total. The van der Waals surface area contributed by atoms with Gasteiger partial charge in [0.1, 0.15) is 10.3 Å². The third-order valence-corrected chi connectivity index (χ3v) is 7.42. The molecule has 3 N–H and O–H groups in total. The highest BCUT2D eigenvalue weighted by Crippen LogP contribution is 2.35. The first-order valence-corrected chi connectivity index (χ1v) is 13.0. The topological polar surface area (TPSA) is 103 Å². The smallest absolute Gasteiger partial charge is 0.240 e. The molecule has 0 aliphatic heterocycles. The predicted molar refractivity (Wildman–Crippen MR) is 129 cm³/mol. The summed E-state index contributed by atoms with van der Waals surface area (Å²) < 4.78 is 13.8. The molecular formula is C21H21N5O2S3. The lowest BCUT2D eigenvalue weighted by molar-refractivity contribution is -0.120. The Labute approximate surface area is 190 Å². The standard InChI is InChI=1S/C21H21N5O2S3/c1-29-19(20(27)23-10-12-31(22)28)21-25-17-8-5-15(13-18(17)30-21)14-3-6-16(7-4-14)26-11-2-9-24-26/h2-9,11,13,19H,10,12,22H2,1H3,(H,23,27). The van der Waals surface area contributed by atoms with Crippen molar-refractivity contribution in [1.29, 1.82) is 0 Å². The van der Waals surface area contributed by atoms with Crippen molar-refractivity contribution in [3.63, 3.8) is 0 Å². The lowest BCUT2D eigenvalue weighted by Crippen LogP contribution is -2.32. The third-order valence-electron chi connectivity index (χ3n) is 4.68. The molecule has 2 aromatic carbocycles. The Morgan fingerprint density at radius 1 is 1.26 bits per heavy atom. The van der Waals surface area contributed by atoms with E-state index in [-0.39, 0.29) is 18.2 Å². The predicted octanol–water partition coefficient (Wildman–Crippen LogP) is 3.29. The molecule has 10 heteroatoms. The quantitative estimate of drug-likeness (QED) is 0.410. The first kappa shape index (κ1) is 21.7. The Morgan fingerprint density at radius 2 is 2.03 bits per heavy atom. The number of hydrogen-bond acceptors (Lipinski definition) is 6. The van der Waals surface area contributed by atoms with Gasteiger partial charge in [0, 0.05) is 18.9 Å². The molecule has 0 saturated carbocycles. The average Bonchev–Trinajstić information content (AvgIpc) is 3.44. The van der Waals surface area contributed by atoms with E-state index < -0.39 is 16.2 Å². The normalized spacial score (nSPS) is 13.2. The van der Waals surface area contributed by atoms with Gasteiger partial charge in [0.15, 0.2) is 0 Å². The van der Waals surface area contributed by atoms with Gasteiger partial charge in [-0.15, -0.1) is 23.1 Å². The molecule has 1 amide bonds. The largest absolute Gasteiger partial charge is 0.354 e. The van der Waals surface area contributed by atoms with Crippen LogP contribution in [0.2, 0.25) is 0 Å². The SMILES string of the molecule is CSC(C(=O)NCCS(N)=O)c1nc2ccc(-c3ccc(-n4cccn4)cc3)cc2s1. The molecule has 4 rings (SSSR count). The van der Waals surface area contributed by atoms with Crippen molar-refractivity contribution in [1.82, 2.24) is 20.1 Å². The second-order valence-corrected chi connectivity index (χ2v) is 9.90. The van der Waals surface area contributed by atoms with E-state index in [1.54, 1.807) is 6.20 Å². The fraction of sp³-hybridized carbons (Fsp3) is 0.190. The second kappa shape index (κ2) is 9.73. The fourth-order valence-corrected chi connectivity index (χ4v) is 5.43. The lowest BCUT2D eigenvalue weighted by atomic mass is 10.1. The van der Waals surface area contributed by atoms with Crippen LogP contribution in [-0.4, -0.2) is 43.4 Å². The average molecular weight is 472 g/mol. The number of amides is 1. The first-order valence-electron chi connectivity index (χ1n) is 9.49. The van der Waals surface area contributed by atoms with Gasteiger partial charge < -0.3 is 5.32 Å². The van der Waals surface area contributed by atoms with Gasteiger partial charge in [0.2, 0.25) is 5.91 Å². The Morgan fingerprint density at radius 3 is 2.71 bits per heavy atom. The molecule has 0 saturated heterocycles. The lowest BCUT2D eigenvalue weighted by Gasteiger charge is -2.11. The van der Waals surface area contributed by atoms with Crippen LogP contribution < -0.4 is 10.5 Å². The van der Waals surface area contributed by atoms with Crippen LogP contribution in [0.25, 0.3) is 27.0 Å². The zero-order chi connectivity index (χ0) is 21.8. The third kappa shape index (κ3) is 5.04. The Kier molecular flexibility index (Phi) is 6.81. The van der Waals surface area contributed by atoms with E-state index in [0.717, 1.165) is 32.0 Å². The summed E-state index contributed by atoms with van der Waals surface area (Å²) in [6.45, 7) is 0.280. The number of rotatable bonds is 8. The first-order chi connectivity index (χ1) is 15.0. The van der Waals surface area contributed by atoms with Crippen LogP contribution >= 0.6 is 23.1 Å². The van der Waals surface area contributed by atoms with Crippen LogP contribution in [0.4, 0.5) is 0 Å². The number of thiazole rings is 1. The maximum atomic E-state index is 12.5. The van der Waals surface area contributed by atoms with E-state index in [4.69, 9.17) is 5.14 Å². The molecule has 2 unspecified atom stereocenters. The number of fused-ring (bicyclic) bond motifs is 1. The van der Waals surface area contributed by atoms with Crippen LogP contribution in [0.15, 0.2) is 60.9 Å². The minimum atomic E-state index is -1.42. The van der Waals surface area contributed by atoms with Crippen LogP contribution in [0, 0.1) is 0 Å². The van der Waals surface area contributed by atoms with Crippen LogP contribution in [0.3, 0.4) is 0 Å². The fourth-order valence-electron chi connectivity index (χ4n) is 3.15.